The van der Waals surface area contributed by atoms with E-state index in [0.717, 1.165) is 36.7 Å². The highest BCUT2D eigenvalue weighted by molar-refractivity contribution is 5.60. The minimum atomic E-state index is 0.647. The normalized spacial score (nSPS) is 13.4. The lowest BCUT2D eigenvalue weighted by atomic mass is 10.0. The molecule has 1 aromatic carbocycles. The summed E-state index contributed by atoms with van der Waals surface area (Å²) in [4.78, 5) is 8.77. The van der Waals surface area contributed by atoms with Crippen molar-refractivity contribution in [3.8, 4) is 0 Å². The lowest BCUT2D eigenvalue weighted by Crippen LogP contribution is -2.23. The molecule has 0 radical (unpaired) electrons. The quantitative estimate of drug-likeness (QED) is 0.590. The van der Waals surface area contributed by atoms with E-state index in [-0.39, 0.29) is 0 Å². The molecule has 0 atom stereocenters. The molecule has 4 N–H and O–H groups in total. The highest BCUT2D eigenvalue weighted by Crippen LogP contribution is 2.22. The molecule has 0 amide bonds. The Bertz CT molecular complexity index is 856. The first kappa shape index (κ1) is 14.6. The van der Waals surface area contributed by atoms with E-state index >= 15 is 0 Å². The molecule has 24 heavy (non-hydrogen) atoms. The number of nitrogens with zero attached hydrogens (tertiary/aromatic N) is 3. The third-order valence-electron chi connectivity index (χ3n) is 3.96. The number of rotatable bonds is 4. The van der Waals surface area contributed by atoms with Gasteiger partial charge < -0.3 is 16.0 Å². The lowest BCUT2D eigenvalue weighted by molar-refractivity contribution is 0.644. The van der Waals surface area contributed by atoms with Gasteiger partial charge in [-0.3, -0.25) is 10.1 Å². The Morgan fingerprint density at radius 1 is 1.00 bits per heavy atom. The highest BCUT2D eigenvalue weighted by atomic mass is 15.2. The molecule has 0 spiro atoms. The van der Waals surface area contributed by atoms with Crippen molar-refractivity contribution in [1.29, 1.82) is 0 Å². The smallest absolute Gasteiger partial charge is 0.153 e. The Hall–Kier alpha value is -2.93. The zero-order valence-corrected chi connectivity index (χ0v) is 13.4. The summed E-state index contributed by atoms with van der Waals surface area (Å²) in [7, 11) is 0. The molecule has 7 nitrogen and oxygen atoms in total. The van der Waals surface area contributed by atoms with Crippen molar-refractivity contribution in [1.82, 2.24) is 25.5 Å². The van der Waals surface area contributed by atoms with Crippen molar-refractivity contribution in [2.45, 2.75) is 19.9 Å². The fraction of sp³-hybridized carbons (Fsp3) is 0.235. The van der Waals surface area contributed by atoms with E-state index in [4.69, 9.17) is 0 Å². The number of benzene rings is 1. The molecule has 0 saturated carbocycles. The van der Waals surface area contributed by atoms with Gasteiger partial charge in [0.05, 0.1) is 12.4 Å². The van der Waals surface area contributed by atoms with Crippen LogP contribution in [0.2, 0.25) is 0 Å². The molecule has 0 saturated heterocycles. The Morgan fingerprint density at radius 3 is 2.71 bits per heavy atom. The summed E-state index contributed by atoms with van der Waals surface area (Å²) in [6.07, 6.45) is 4.44. The average molecular weight is 321 g/mol. The molecule has 4 rings (SSSR count). The summed E-state index contributed by atoms with van der Waals surface area (Å²) >= 11 is 0. The minimum absolute atomic E-state index is 0.647. The monoisotopic (exact) mass is 321 g/mol. The Labute approximate surface area is 139 Å². The van der Waals surface area contributed by atoms with Gasteiger partial charge >= 0.3 is 0 Å². The van der Waals surface area contributed by atoms with Crippen LogP contribution < -0.4 is 16.0 Å². The molecule has 0 aliphatic carbocycles. The molecule has 1 aliphatic rings. The molecule has 2 aromatic heterocycles. The van der Waals surface area contributed by atoms with Crippen LogP contribution >= 0.6 is 0 Å². The molecule has 0 bridgehead atoms. The second-order valence-electron chi connectivity index (χ2n) is 5.89. The van der Waals surface area contributed by atoms with Gasteiger partial charge in [0, 0.05) is 24.0 Å². The molecule has 122 valence electrons. The van der Waals surface area contributed by atoms with E-state index in [2.05, 4.69) is 54.3 Å². The molecule has 7 heteroatoms. The number of H-pyrrole nitrogens is 1. The Morgan fingerprint density at radius 2 is 1.88 bits per heavy atom. The third kappa shape index (κ3) is 3.21. The van der Waals surface area contributed by atoms with Crippen LogP contribution in [0.3, 0.4) is 0 Å². The number of hydrogen-bond donors (Lipinski definition) is 4. The van der Waals surface area contributed by atoms with E-state index in [9.17, 15) is 0 Å². The maximum Gasteiger partial charge on any atom is 0.153 e. The Kier molecular flexibility index (Phi) is 3.84. The summed E-state index contributed by atoms with van der Waals surface area (Å²) in [5.74, 6) is 2.06. The van der Waals surface area contributed by atoms with Gasteiger partial charge in [-0.15, -0.1) is 0 Å². The van der Waals surface area contributed by atoms with Crippen molar-refractivity contribution in [3.63, 3.8) is 0 Å². The van der Waals surface area contributed by atoms with Gasteiger partial charge in [-0.25, -0.2) is 4.98 Å². The van der Waals surface area contributed by atoms with E-state index in [1.165, 1.54) is 11.1 Å². The zero-order chi connectivity index (χ0) is 16.4. The van der Waals surface area contributed by atoms with Gasteiger partial charge in [0.15, 0.2) is 17.5 Å². The van der Waals surface area contributed by atoms with E-state index in [1.54, 1.807) is 12.4 Å². The number of anilines is 4. The van der Waals surface area contributed by atoms with Crippen molar-refractivity contribution in [2.24, 2.45) is 0 Å². The highest BCUT2D eigenvalue weighted by Gasteiger charge is 2.09. The summed E-state index contributed by atoms with van der Waals surface area (Å²) < 4.78 is 0. The lowest BCUT2D eigenvalue weighted by Gasteiger charge is -2.18. The third-order valence-corrected chi connectivity index (χ3v) is 3.96. The van der Waals surface area contributed by atoms with Crippen LogP contribution in [-0.2, 0) is 13.0 Å². The summed E-state index contributed by atoms with van der Waals surface area (Å²) in [6.45, 7) is 3.92. The van der Waals surface area contributed by atoms with E-state index in [0.29, 0.717) is 11.6 Å². The van der Waals surface area contributed by atoms with Crippen LogP contribution in [0.1, 0.15) is 16.8 Å². The van der Waals surface area contributed by atoms with Crippen molar-refractivity contribution >= 4 is 23.1 Å². The fourth-order valence-electron chi connectivity index (χ4n) is 2.80. The zero-order valence-electron chi connectivity index (χ0n) is 13.4. The van der Waals surface area contributed by atoms with Crippen molar-refractivity contribution < 1.29 is 0 Å². The summed E-state index contributed by atoms with van der Waals surface area (Å²) in [6, 6.07) is 8.34. The second-order valence-corrected chi connectivity index (χ2v) is 5.89. The average Bonchev–Trinajstić information content (AvgIpc) is 3.00. The first-order chi connectivity index (χ1) is 11.8. The second kappa shape index (κ2) is 6.29. The van der Waals surface area contributed by atoms with Gasteiger partial charge in [-0.1, -0.05) is 6.07 Å². The predicted octanol–water partition coefficient (Wildman–Crippen LogP) is 2.64. The Balaban J connectivity index is 1.51. The molecule has 3 aromatic rings. The number of aromatic nitrogens is 4. The largest absolute Gasteiger partial charge is 0.339 e. The maximum absolute atomic E-state index is 4.53. The van der Waals surface area contributed by atoms with Gasteiger partial charge in [0.1, 0.15) is 0 Å². The number of fused-ring (bicyclic) bond motifs is 1. The molecule has 0 unspecified atom stereocenters. The van der Waals surface area contributed by atoms with Crippen LogP contribution in [0, 0.1) is 6.92 Å². The standard InChI is InChI=1S/C17H19N7/c1-11-6-15(24-23-11)21-17-10-19-9-16(22-17)20-14-3-2-13-8-18-5-4-12(13)7-14/h2-3,6-7,9-10,18H,4-5,8H2,1H3,(H3,20,21,22,23,24). The van der Waals surface area contributed by atoms with E-state index < -0.39 is 0 Å². The van der Waals surface area contributed by atoms with Crippen LogP contribution in [0.4, 0.5) is 23.1 Å². The number of hydrogen-bond acceptors (Lipinski definition) is 6. The van der Waals surface area contributed by atoms with Gasteiger partial charge in [-0.2, -0.15) is 5.10 Å². The van der Waals surface area contributed by atoms with Crippen molar-refractivity contribution in [3.05, 3.63) is 53.5 Å². The van der Waals surface area contributed by atoms with Gasteiger partial charge in [0.25, 0.3) is 0 Å². The van der Waals surface area contributed by atoms with Gasteiger partial charge in [0.2, 0.25) is 0 Å². The van der Waals surface area contributed by atoms with Crippen LogP contribution in [0.25, 0.3) is 0 Å². The number of nitrogens with one attached hydrogen (secondary N) is 4. The molecule has 3 heterocycles. The predicted molar refractivity (Wildman–Crippen MR) is 93.8 cm³/mol. The van der Waals surface area contributed by atoms with Gasteiger partial charge in [-0.05, 0) is 43.1 Å². The molecule has 1 aliphatic heterocycles. The van der Waals surface area contributed by atoms with Crippen LogP contribution in [0.5, 0.6) is 0 Å². The SMILES string of the molecule is Cc1cc(Nc2cncc(Nc3ccc4c(c3)CCNC4)n2)n[nH]1. The first-order valence-electron chi connectivity index (χ1n) is 7.97. The summed E-state index contributed by atoms with van der Waals surface area (Å²) in [5, 5.41) is 16.9. The van der Waals surface area contributed by atoms with E-state index in [1.807, 2.05) is 13.0 Å². The topological polar surface area (TPSA) is 90.6 Å². The summed E-state index contributed by atoms with van der Waals surface area (Å²) in [5.41, 5.74) is 4.76. The molecular formula is C17H19N7. The fourth-order valence-corrected chi connectivity index (χ4v) is 2.80. The minimum Gasteiger partial charge on any atom is -0.339 e. The van der Waals surface area contributed by atoms with Crippen LogP contribution in [-0.4, -0.2) is 26.7 Å². The van der Waals surface area contributed by atoms with Crippen molar-refractivity contribution in [2.75, 3.05) is 17.2 Å². The maximum atomic E-state index is 4.53. The molecule has 0 fully saturated rings. The molecular weight excluding hydrogens is 302 g/mol. The van der Waals surface area contributed by atoms with Crippen LogP contribution in [0.15, 0.2) is 36.7 Å². The number of aryl methyl sites for hydroxylation is 1. The first-order valence-corrected chi connectivity index (χ1v) is 7.97. The number of aromatic amines is 1.